The molecule has 0 N–H and O–H groups in total. The number of benzene rings is 1. The zero-order chi connectivity index (χ0) is 23.4. The summed E-state index contributed by atoms with van der Waals surface area (Å²) in [7, 11) is -1.52. The van der Waals surface area contributed by atoms with Gasteiger partial charge in [-0.05, 0) is 49.9 Å². The first-order chi connectivity index (χ1) is 15.8. The summed E-state index contributed by atoms with van der Waals surface area (Å²) < 4.78 is 46.1. The van der Waals surface area contributed by atoms with Crippen LogP contribution in [-0.2, 0) is 16.4 Å². The average Bonchev–Trinajstić information content (AvgIpc) is 3.28. The maximum absolute atomic E-state index is 13.7. The Balaban J connectivity index is 1.27. The molecule has 1 aliphatic rings. The molecule has 1 fully saturated rings. The first-order valence-electron chi connectivity index (χ1n) is 10.7. The third-order valence-corrected chi connectivity index (χ3v) is 8.40. The van der Waals surface area contributed by atoms with Crippen LogP contribution in [0.5, 0.6) is 0 Å². The van der Waals surface area contributed by atoms with Crippen molar-refractivity contribution < 1.29 is 17.3 Å². The van der Waals surface area contributed by atoms with Crippen molar-refractivity contribution in [3.8, 4) is 11.4 Å². The molecule has 3 aromatic rings. The fourth-order valence-electron chi connectivity index (χ4n) is 3.39. The number of likely N-dealkylation sites (N-methyl/N-ethyl adjacent to an activating group) is 1. The third-order valence-electron chi connectivity index (χ3n) is 5.49. The third kappa shape index (κ3) is 5.78. The molecule has 8 nitrogen and oxygen atoms in total. The smallest absolute Gasteiger partial charge is 0.244 e. The van der Waals surface area contributed by atoms with E-state index in [0.29, 0.717) is 42.4 Å². The number of hydrogen-bond acceptors (Lipinski definition) is 8. The summed E-state index contributed by atoms with van der Waals surface area (Å²) in [6.45, 7) is 4.14. The van der Waals surface area contributed by atoms with Gasteiger partial charge in [0.25, 0.3) is 0 Å². The number of hydrogen-bond donors (Lipinski definition) is 0. The van der Waals surface area contributed by atoms with E-state index in [2.05, 4.69) is 20.0 Å². The van der Waals surface area contributed by atoms with Crippen LogP contribution in [0.15, 0.2) is 51.0 Å². The molecule has 2 aromatic heterocycles. The second-order valence-corrected chi connectivity index (χ2v) is 11.0. The van der Waals surface area contributed by atoms with E-state index in [0.717, 1.165) is 30.3 Å². The first-order valence-corrected chi connectivity index (χ1v) is 13.1. The highest BCUT2D eigenvalue weighted by Crippen LogP contribution is 2.23. The Morgan fingerprint density at radius 2 is 1.94 bits per heavy atom. The normalized spacial score (nSPS) is 15.7. The number of halogens is 1. The Hall–Kier alpha value is -2.34. The average molecular weight is 492 g/mol. The summed E-state index contributed by atoms with van der Waals surface area (Å²) in [5.41, 5.74) is 1.15. The largest absolute Gasteiger partial charge is 0.339 e. The van der Waals surface area contributed by atoms with Crippen LogP contribution >= 0.6 is 11.8 Å². The Bertz CT molecular complexity index is 1190. The quantitative estimate of drug-likeness (QED) is 0.350. The van der Waals surface area contributed by atoms with Gasteiger partial charge in [-0.1, -0.05) is 17.3 Å². The monoisotopic (exact) mass is 491 g/mol. The SMILES string of the molecule is Cc1ccc(-c2noc(CCCSc3ccc(S(=O)(=O)N4CCN(C)CC4)cn3)n2)cc1F. The van der Waals surface area contributed by atoms with Gasteiger partial charge in [0.05, 0.1) is 5.03 Å². The van der Waals surface area contributed by atoms with Crippen LogP contribution in [0.4, 0.5) is 4.39 Å². The zero-order valence-electron chi connectivity index (χ0n) is 18.6. The number of piperazine rings is 1. The Labute approximate surface area is 197 Å². The number of thioether (sulfide) groups is 1. The lowest BCUT2D eigenvalue weighted by Gasteiger charge is -2.31. The van der Waals surface area contributed by atoms with Crippen LogP contribution in [0.1, 0.15) is 17.9 Å². The van der Waals surface area contributed by atoms with E-state index in [1.165, 1.54) is 28.3 Å². The molecule has 33 heavy (non-hydrogen) atoms. The molecule has 0 bridgehead atoms. The van der Waals surface area contributed by atoms with Crippen molar-refractivity contribution in [2.75, 3.05) is 39.0 Å². The van der Waals surface area contributed by atoms with Gasteiger partial charge in [0.15, 0.2) is 0 Å². The summed E-state index contributed by atoms with van der Waals surface area (Å²) >= 11 is 1.54. The minimum atomic E-state index is -3.51. The van der Waals surface area contributed by atoms with Gasteiger partial charge in [0.2, 0.25) is 21.7 Å². The molecule has 0 atom stereocenters. The van der Waals surface area contributed by atoms with Gasteiger partial charge in [-0.15, -0.1) is 11.8 Å². The highest BCUT2D eigenvalue weighted by Gasteiger charge is 2.27. The summed E-state index contributed by atoms with van der Waals surface area (Å²) in [5, 5.41) is 4.69. The Morgan fingerprint density at radius 3 is 2.64 bits per heavy atom. The lowest BCUT2D eigenvalue weighted by Crippen LogP contribution is -2.47. The van der Waals surface area contributed by atoms with E-state index < -0.39 is 10.0 Å². The fraction of sp³-hybridized carbons (Fsp3) is 0.409. The van der Waals surface area contributed by atoms with Crippen LogP contribution in [0, 0.1) is 12.7 Å². The predicted octanol–water partition coefficient (Wildman–Crippen LogP) is 3.24. The number of aryl methyl sites for hydroxylation is 2. The molecule has 4 rings (SSSR count). The van der Waals surface area contributed by atoms with Gasteiger partial charge in [-0.3, -0.25) is 0 Å². The van der Waals surface area contributed by atoms with E-state index in [1.54, 1.807) is 31.2 Å². The molecular weight excluding hydrogens is 465 g/mol. The number of nitrogens with zero attached hydrogens (tertiary/aromatic N) is 5. The van der Waals surface area contributed by atoms with Crippen LogP contribution < -0.4 is 0 Å². The molecule has 0 amide bonds. The van der Waals surface area contributed by atoms with Gasteiger partial charge in [-0.25, -0.2) is 17.8 Å². The Kier molecular flexibility index (Phi) is 7.42. The topological polar surface area (TPSA) is 92.4 Å². The van der Waals surface area contributed by atoms with E-state index in [9.17, 15) is 12.8 Å². The summed E-state index contributed by atoms with van der Waals surface area (Å²) in [4.78, 5) is 11.0. The molecule has 3 heterocycles. The lowest BCUT2D eigenvalue weighted by molar-refractivity contribution is 0.222. The molecule has 0 spiro atoms. The van der Waals surface area contributed by atoms with Crippen molar-refractivity contribution in [1.82, 2.24) is 24.3 Å². The van der Waals surface area contributed by atoms with E-state index in [1.807, 2.05) is 7.05 Å². The molecule has 1 aliphatic heterocycles. The van der Waals surface area contributed by atoms with Crippen molar-refractivity contribution in [2.24, 2.45) is 0 Å². The summed E-state index contributed by atoms with van der Waals surface area (Å²) in [6.07, 6.45) is 2.79. The fourth-order valence-corrected chi connectivity index (χ4v) is 5.55. The predicted molar refractivity (Wildman–Crippen MR) is 124 cm³/mol. The van der Waals surface area contributed by atoms with Gasteiger partial charge >= 0.3 is 0 Å². The number of pyridine rings is 1. The minimum absolute atomic E-state index is 0.224. The Morgan fingerprint density at radius 1 is 1.15 bits per heavy atom. The maximum atomic E-state index is 13.7. The molecule has 176 valence electrons. The molecule has 0 radical (unpaired) electrons. The molecule has 0 saturated carbocycles. The lowest BCUT2D eigenvalue weighted by atomic mass is 10.1. The van der Waals surface area contributed by atoms with Gasteiger partial charge in [-0.2, -0.15) is 9.29 Å². The van der Waals surface area contributed by atoms with Crippen molar-refractivity contribution >= 4 is 21.8 Å². The van der Waals surface area contributed by atoms with Crippen LogP contribution in [0.2, 0.25) is 0 Å². The molecule has 1 saturated heterocycles. The summed E-state index contributed by atoms with van der Waals surface area (Å²) in [5.74, 6) is 1.32. The second kappa shape index (κ2) is 10.3. The molecule has 1 aromatic carbocycles. The molecule has 0 aliphatic carbocycles. The van der Waals surface area contributed by atoms with E-state index in [-0.39, 0.29) is 10.7 Å². The van der Waals surface area contributed by atoms with Crippen molar-refractivity contribution in [2.45, 2.75) is 29.7 Å². The summed E-state index contributed by atoms with van der Waals surface area (Å²) in [6, 6.07) is 8.21. The van der Waals surface area contributed by atoms with Gasteiger partial charge in [0.1, 0.15) is 10.7 Å². The second-order valence-electron chi connectivity index (χ2n) is 7.97. The standard InChI is InChI=1S/C22H26FN5O3S2/c1-16-5-6-17(14-19(16)23)22-25-20(31-26-22)4-3-13-32-21-8-7-18(15-24-21)33(29,30)28-11-9-27(2)10-12-28/h5-8,14-15H,3-4,9-13H2,1-2H3. The van der Waals surface area contributed by atoms with Gasteiger partial charge in [0, 0.05) is 44.4 Å². The number of sulfonamides is 1. The molecular formula is C22H26FN5O3S2. The highest BCUT2D eigenvalue weighted by atomic mass is 32.2. The van der Waals surface area contributed by atoms with E-state index >= 15 is 0 Å². The van der Waals surface area contributed by atoms with Gasteiger partial charge < -0.3 is 9.42 Å². The van der Waals surface area contributed by atoms with Crippen LogP contribution in [0.25, 0.3) is 11.4 Å². The first kappa shape index (κ1) is 23.8. The number of rotatable bonds is 8. The van der Waals surface area contributed by atoms with E-state index in [4.69, 9.17) is 4.52 Å². The number of aromatic nitrogens is 3. The molecule has 0 unspecified atom stereocenters. The highest BCUT2D eigenvalue weighted by molar-refractivity contribution is 7.99. The van der Waals surface area contributed by atoms with Crippen LogP contribution in [0.3, 0.4) is 0 Å². The minimum Gasteiger partial charge on any atom is -0.339 e. The zero-order valence-corrected chi connectivity index (χ0v) is 20.2. The van der Waals surface area contributed by atoms with Crippen LogP contribution in [-0.4, -0.2) is 71.7 Å². The van der Waals surface area contributed by atoms with Crippen molar-refractivity contribution in [1.29, 1.82) is 0 Å². The van der Waals surface area contributed by atoms with Crippen molar-refractivity contribution in [3.05, 3.63) is 53.8 Å². The van der Waals surface area contributed by atoms with Crippen molar-refractivity contribution in [3.63, 3.8) is 0 Å². The maximum Gasteiger partial charge on any atom is 0.244 e. The molecule has 11 heteroatoms.